The van der Waals surface area contributed by atoms with Crippen molar-refractivity contribution in [2.45, 2.75) is 13.5 Å². The molecule has 3 rings (SSSR count). The van der Waals surface area contributed by atoms with E-state index < -0.39 is 0 Å². The molecular formula is C16H17N5O3. The predicted molar refractivity (Wildman–Crippen MR) is 85.4 cm³/mol. The van der Waals surface area contributed by atoms with Crippen molar-refractivity contribution in [2.24, 2.45) is 0 Å². The smallest absolute Gasteiger partial charge is 0.257 e. The Bertz CT molecular complexity index is 855. The first-order chi connectivity index (χ1) is 11.6. The van der Waals surface area contributed by atoms with Crippen molar-refractivity contribution >= 4 is 5.91 Å². The van der Waals surface area contributed by atoms with E-state index in [4.69, 9.17) is 9.26 Å². The summed E-state index contributed by atoms with van der Waals surface area (Å²) in [5.74, 6) is 1.43. The van der Waals surface area contributed by atoms with E-state index in [0.29, 0.717) is 28.7 Å². The highest BCUT2D eigenvalue weighted by atomic mass is 16.5. The lowest BCUT2D eigenvalue weighted by atomic mass is 10.1. The standard InChI is InChI=1S/C16H17N5O3/c1-10-18-14(20-24-10)9-21(2)16(22)13-8-17-19-15(13)11-5-4-6-12(7-11)23-3/h4-8H,9H2,1-3H3,(H,17,19). The van der Waals surface area contributed by atoms with Gasteiger partial charge in [0, 0.05) is 19.5 Å². The summed E-state index contributed by atoms with van der Waals surface area (Å²) >= 11 is 0. The zero-order chi connectivity index (χ0) is 17.1. The topological polar surface area (TPSA) is 97.1 Å². The van der Waals surface area contributed by atoms with Crippen LogP contribution in [0.15, 0.2) is 35.0 Å². The summed E-state index contributed by atoms with van der Waals surface area (Å²) < 4.78 is 10.1. The van der Waals surface area contributed by atoms with Crippen molar-refractivity contribution in [3.63, 3.8) is 0 Å². The number of aromatic amines is 1. The van der Waals surface area contributed by atoms with Gasteiger partial charge in [-0.25, -0.2) is 0 Å². The minimum atomic E-state index is -0.191. The molecule has 0 aliphatic rings. The monoisotopic (exact) mass is 327 g/mol. The molecule has 0 radical (unpaired) electrons. The average molecular weight is 327 g/mol. The third kappa shape index (κ3) is 3.12. The molecule has 0 atom stereocenters. The van der Waals surface area contributed by atoms with Gasteiger partial charge in [-0.3, -0.25) is 9.89 Å². The van der Waals surface area contributed by atoms with Gasteiger partial charge in [0.05, 0.1) is 31.1 Å². The highest BCUT2D eigenvalue weighted by Gasteiger charge is 2.20. The number of hydrogen-bond donors (Lipinski definition) is 1. The average Bonchev–Trinajstić information content (AvgIpc) is 3.23. The molecule has 8 heteroatoms. The van der Waals surface area contributed by atoms with E-state index >= 15 is 0 Å². The quantitative estimate of drug-likeness (QED) is 0.770. The molecule has 2 heterocycles. The molecule has 2 aromatic heterocycles. The first-order valence-corrected chi connectivity index (χ1v) is 7.31. The molecule has 0 unspecified atom stereocenters. The largest absolute Gasteiger partial charge is 0.497 e. The van der Waals surface area contributed by atoms with Gasteiger partial charge in [0.25, 0.3) is 5.91 Å². The Kier molecular flexibility index (Phi) is 4.28. The minimum Gasteiger partial charge on any atom is -0.497 e. The molecule has 1 amide bonds. The van der Waals surface area contributed by atoms with Crippen LogP contribution in [-0.2, 0) is 6.54 Å². The van der Waals surface area contributed by atoms with Gasteiger partial charge in [-0.1, -0.05) is 17.3 Å². The van der Waals surface area contributed by atoms with Crippen LogP contribution >= 0.6 is 0 Å². The van der Waals surface area contributed by atoms with E-state index in [2.05, 4.69) is 20.3 Å². The Labute approximate surface area is 138 Å². The summed E-state index contributed by atoms with van der Waals surface area (Å²) in [6, 6.07) is 7.42. The van der Waals surface area contributed by atoms with Crippen LogP contribution in [0, 0.1) is 6.92 Å². The summed E-state index contributed by atoms with van der Waals surface area (Å²) in [5.41, 5.74) is 1.92. The van der Waals surface area contributed by atoms with Crippen molar-refractivity contribution in [3.8, 4) is 17.0 Å². The van der Waals surface area contributed by atoms with Crippen LogP contribution in [0.1, 0.15) is 22.1 Å². The number of ether oxygens (including phenoxy) is 1. The van der Waals surface area contributed by atoms with Crippen LogP contribution in [0.3, 0.4) is 0 Å². The fraction of sp³-hybridized carbons (Fsp3) is 0.250. The Hall–Kier alpha value is -3.16. The van der Waals surface area contributed by atoms with Crippen LogP contribution in [0.5, 0.6) is 5.75 Å². The molecule has 0 bridgehead atoms. The molecule has 0 saturated carbocycles. The molecular weight excluding hydrogens is 310 g/mol. The van der Waals surface area contributed by atoms with Crippen molar-refractivity contribution in [1.29, 1.82) is 0 Å². The lowest BCUT2D eigenvalue weighted by molar-refractivity contribution is 0.0781. The SMILES string of the molecule is COc1cccc(-c2[nH]ncc2C(=O)N(C)Cc2noc(C)n2)c1. The van der Waals surface area contributed by atoms with E-state index in [1.165, 1.54) is 11.1 Å². The van der Waals surface area contributed by atoms with Crippen LogP contribution < -0.4 is 4.74 Å². The lowest BCUT2D eigenvalue weighted by Gasteiger charge is -2.15. The maximum absolute atomic E-state index is 12.7. The van der Waals surface area contributed by atoms with Gasteiger partial charge in [0.2, 0.25) is 5.89 Å². The van der Waals surface area contributed by atoms with E-state index in [-0.39, 0.29) is 12.5 Å². The van der Waals surface area contributed by atoms with Crippen molar-refractivity contribution in [2.75, 3.05) is 14.2 Å². The molecule has 0 aliphatic carbocycles. The molecule has 0 aliphatic heterocycles. The molecule has 124 valence electrons. The number of amides is 1. The number of aromatic nitrogens is 4. The second kappa shape index (κ2) is 6.53. The van der Waals surface area contributed by atoms with E-state index in [9.17, 15) is 4.79 Å². The maximum atomic E-state index is 12.7. The summed E-state index contributed by atoms with van der Waals surface area (Å²) in [5, 5.41) is 10.7. The number of methoxy groups -OCH3 is 1. The highest BCUT2D eigenvalue weighted by Crippen LogP contribution is 2.25. The number of H-pyrrole nitrogens is 1. The Morgan fingerprint density at radius 2 is 2.25 bits per heavy atom. The number of carbonyl (C=O) groups excluding carboxylic acids is 1. The zero-order valence-corrected chi connectivity index (χ0v) is 13.6. The Morgan fingerprint density at radius 3 is 2.96 bits per heavy atom. The normalized spacial score (nSPS) is 10.6. The maximum Gasteiger partial charge on any atom is 0.257 e. The number of nitrogens with zero attached hydrogens (tertiary/aromatic N) is 4. The fourth-order valence-electron chi connectivity index (χ4n) is 2.34. The molecule has 8 nitrogen and oxygen atoms in total. The fourth-order valence-corrected chi connectivity index (χ4v) is 2.34. The number of benzene rings is 1. The Balaban J connectivity index is 1.84. The molecule has 0 spiro atoms. The summed E-state index contributed by atoms with van der Waals surface area (Å²) in [6.07, 6.45) is 1.51. The first kappa shape index (κ1) is 15.7. The second-order valence-electron chi connectivity index (χ2n) is 5.28. The molecule has 0 fully saturated rings. The van der Waals surface area contributed by atoms with Crippen molar-refractivity contribution in [3.05, 3.63) is 47.7 Å². The first-order valence-electron chi connectivity index (χ1n) is 7.31. The molecule has 1 aromatic carbocycles. The van der Waals surface area contributed by atoms with Crippen LogP contribution in [0.25, 0.3) is 11.3 Å². The minimum absolute atomic E-state index is 0.191. The third-order valence-electron chi connectivity index (χ3n) is 3.52. The zero-order valence-electron chi connectivity index (χ0n) is 13.6. The molecule has 3 aromatic rings. The third-order valence-corrected chi connectivity index (χ3v) is 3.52. The van der Waals surface area contributed by atoms with Gasteiger partial charge >= 0.3 is 0 Å². The van der Waals surface area contributed by atoms with Gasteiger partial charge in [0.1, 0.15) is 5.75 Å². The van der Waals surface area contributed by atoms with E-state index in [1.807, 2.05) is 24.3 Å². The van der Waals surface area contributed by atoms with Gasteiger partial charge in [-0.05, 0) is 12.1 Å². The number of hydrogen-bond acceptors (Lipinski definition) is 6. The van der Waals surface area contributed by atoms with Gasteiger partial charge in [-0.15, -0.1) is 0 Å². The van der Waals surface area contributed by atoms with Gasteiger partial charge < -0.3 is 14.2 Å². The molecule has 24 heavy (non-hydrogen) atoms. The van der Waals surface area contributed by atoms with Crippen molar-refractivity contribution < 1.29 is 14.1 Å². The number of rotatable bonds is 5. The molecule has 0 saturated heterocycles. The second-order valence-corrected chi connectivity index (χ2v) is 5.28. The highest BCUT2D eigenvalue weighted by molar-refractivity contribution is 5.99. The predicted octanol–water partition coefficient (Wildman–Crippen LogP) is 2.05. The molecule has 1 N–H and O–H groups in total. The number of aryl methyl sites for hydroxylation is 1. The van der Waals surface area contributed by atoms with E-state index in [1.54, 1.807) is 21.1 Å². The number of nitrogens with one attached hydrogen (secondary N) is 1. The summed E-state index contributed by atoms with van der Waals surface area (Å²) in [7, 11) is 3.27. The van der Waals surface area contributed by atoms with Crippen LogP contribution in [-0.4, -0.2) is 45.3 Å². The summed E-state index contributed by atoms with van der Waals surface area (Å²) in [6.45, 7) is 1.95. The Morgan fingerprint density at radius 1 is 1.42 bits per heavy atom. The lowest BCUT2D eigenvalue weighted by Crippen LogP contribution is -2.26. The van der Waals surface area contributed by atoms with Gasteiger partial charge in [-0.2, -0.15) is 10.1 Å². The van der Waals surface area contributed by atoms with Crippen molar-refractivity contribution in [1.82, 2.24) is 25.2 Å². The van der Waals surface area contributed by atoms with Gasteiger partial charge in [0.15, 0.2) is 5.82 Å². The van der Waals surface area contributed by atoms with Crippen LogP contribution in [0.2, 0.25) is 0 Å². The van der Waals surface area contributed by atoms with E-state index in [0.717, 1.165) is 5.56 Å². The number of carbonyl (C=O) groups is 1. The summed E-state index contributed by atoms with van der Waals surface area (Å²) in [4.78, 5) is 18.3. The van der Waals surface area contributed by atoms with Crippen LogP contribution in [0.4, 0.5) is 0 Å².